The topological polar surface area (TPSA) is 35.8 Å². The maximum absolute atomic E-state index is 8.72. The first kappa shape index (κ1) is 12.5. The Labute approximate surface area is 112 Å². The highest BCUT2D eigenvalue weighted by atomic mass is 35.5. The lowest BCUT2D eigenvalue weighted by Crippen LogP contribution is -2.01. The van der Waals surface area contributed by atoms with Crippen molar-refractivity contribution in [2.75, 3.05) is 5.32 Å². The molecule has 0 amide bonds. The van der Waals surface area contributed by atoms with Crippen LogP contribution in [0.1, 0.15) is 16.7 Å². The molecule has 2 rings (SSSR count). The van der Waals surface area contributed by atoms with Crippen LogP contribution in [0.25, 0.3) is 0 Å². The molecular formula is C15H13ClN2. The number of halogens is 1. The molecule has 0 atom stereocenters. The van der Waals surface area contributed by atoms with Gasteiger partial charge in [0.2, 0.25) is 0 Å². The van der Waals surface area contributed by atoms with E-state index >= 15 is 0 Å². The zero-order chi connectivity index (χ0) is 13.0. The lowest BCUT2D eigenvalue weighted by atomic mass is 10.1. The van der Waals surface area contributed by atoms with E-state index in [0.717, 1.165) is 21.8 Å². The van der Waals surface area contributed by atoms with Crippen molar-refractivity contribution in [3.8, 4) is 6.07 Å². The third kappa shape index (κ3) is 2.82. The molecule has 2 aromatic carbocycles. The molecule has 0 aliphatic heterocycles. The number of rotatable bonds is 3. The monoisotopic (exact) mass is 256 g/mol. The highest BCUT2D eigenvalue weighted by Gasteiger charge is 2.01. The van der Waals surface area contributed by atoms with Crippen molar-refractivity contribution in [2.24, 2.45) is 0 Å². The summed E-state index contributed by atoms with van der Waals surface area (Å²) < 4.78 is 0. The number of hydrogen-bond donors (Lipinski definition) is 1. The molecule has 18 heavy (non-hydrogen) atoms. The molecule has 0 aromatic heterocycles. The minimum Gasteiger partial charge on any atom is -0.381 e. The fourth-order valence-corrected chi connectivity index (χ4v) is 1.87. The van der Waals surface area contributed by atoms with Crippen LogP contribution in [0, 0.1) is 18.3 Å². The van der Waals surface area contributed by atoms with Crippen LogP contribution in [0.15, 0.2) is 42.5 Å². The molecule has 0 spiro atoms. The summed E-state index contributed by atoms with van der Waals surface area (Å²) in [5.41, 5.74) is 3.89. The Morgan fingerprint density at radius 2 is 1.89 bits per heavy atom. The van der Waals surface area contributed by atoms with E-state index in [9.17, 15) is 0 Å². The average Bonchev–Trinajstić information content (AvgIpc) is 2.41. The van der Waals surface area contributed by atoms with E-state index in [0.29, 0.717) is 12.1 Å². The zero-order valence-corrected chi connectivity index (χ0v) is 10.8. The van der Waals surface area contributed by atoms with Crippen LogP contribution < -0.4 is 5.32 Å². The second-order valence-electron chi connectivity index (χ2n) is 4.07. The summed E-state index contributed by atoms with van der Waals surface area (Å²) in [7, 11) is 0. The predicted octanol–water partition coefficient (Wildman–Crippen LogP) is 4.13. The largest absolute Gasteiger partial charge is 0.381 e. The number of nitriles is 1. The van der Waals surface area contributed by atoms with Crippen molar-refractivity contribution in [3.63, 3.8) is 0 Å². The van der Waals surface area contributed by atoms with Crippen molar-refractivity contribution >= 4 is 17.3 Å². The van der Waals surface area contributed by atoms with Crippen LogP contribution in [0.5, 0.6) is 0 Å². The lowest BCUT2D eigenvalue weighted by molar-refractivity contribution is 1.14. The van der Waals surface area contributed by atoms with Gasteiger partial charge in [0.1, 0.15) is 0 Å². The molecule has 0 aliphatic rings. The molecule has 90 valence electrons. The summed E-state index contributed by atoms with van der Waals surface area (Å²) in [6, 6.07) is 15.5. The van der Waals surface area contributed by atoms with E-state index in [1.165, 1.54) is 0 Å². The third-order valence-electron chi connectivity index (χ3n) is 2.83. The van der Waals surface area contributed by atoms with Gasteiger partial charge in [0.15, 0.2) is 0 Å². The van der Waals surface area contributed by atoms with Gasteiger partial charge in [-0.3, -0.25) is 0 Å². The molecule has 0 bridgehead atoms. The van der Waals surface area contributed by atoms with Crippen LogP contribution in [0.3, 0.4) is 0 Å². The van der Waals surface area contributed by atoms with Crippen LogP contribution in [0.2, 0.25) is 5.02 Å². The maximum atomic E-state index is 8.72. The SMILES string of the molecule is Cc1c(Cl)cccc1NCc1ccc(C#N)cc1. The van der Waals surface area contributed by atoms with E-state index in [4.69, 9.17) is 16.9 Å². The maximum Gasteiger partial charge on any atom is 0.0991 e. The molecule has 0 fully saturated rings. The smallest absolute Gasteiger partial charge is 0.0991 e. The van der Waals surface area contributed by atoms with E-state index in [2.05, 4.69) is 11.4 Å². The first-order valence-corrected chi connectivity index (χ1v) is 6.06. The molecule has 0 radical (unpaired) electrons. The first-order chi connectivity index (χ1) is 8.70. The van der Waals surface area contributed by atoms with Gasteiger partial charge in [0.25, 0.3) is 0 Å². The number of benzene rings is 2. The molecule has 2 aromatic rings. The number of nitrogens with zero attached hydrogens (tertiary/aromatic N) is 1. The molecule has 1 N–H and O–H groups in total. The summed E-state index contributed by atoms with van der Waals surface area (Å²) in [4.78, 5) is 0. The Morgan fingerprint density at radius 1 is 1.17 bits per heavy atom. The molecule has 3 heteroatoms. The van der Waals surface area contributed by atoms with Crippen LogP contribution in [0.4, 0.5) is 5.69 Å². The summed E-state index contributed by atoms with van der Waals surface area (Å²) in [5, 5.41) is 12.8. The zero-order valence-electron chi connectivity index (χ0n) is 10.1. The molecule has 2 nitrogen and oxygen atoms in total. The van der Waals surface area contributed by atoms with Crippen LogP contribution in [-0.2, 0) is 6.54 Å². The highest BCUT2D eigenvalue weighted by Crippen LogP contribution is 2.23. The van der Waals surface area contributed by atoms with E-state index < -0.39 is 0 Å². The summed E-state index contributed by atoms with van der Waals surface area (Å²) in [5.74, 6) is 0. The van der Waals surface area contributed by atoms with Gasteiger partial charge in [-0.1, -0.05) is 29.8 Å². The number of hydrogen-bond acceptors (Lipinski definition) is 2. The third-order valence-corrected chi connectivity index (χ3v) is 3.24. The van der Waals surface area contributed by atoms with E-state index in [1.807, 2.05) is 49.4 Å². The number of nitrogens with one attached hydrogen (secondary N) is 1. The van der Waals surface area contributed by atoms with E-state index in [-0.39, 0.29) is 0 Å². The highest BCUT2D eigenvalue weighted by molar-refractivity contribution is 6.31. The van der Waals surface area contributed by atoms with Gasteiger partial charge in [0, 0.05) is 17.3 Å². The van der Waals surface area contributed by atoms with Crippen LogP contribution >= 0.6 is 11.6 Å². The summed E-state index contributed by atoms with van der Waals surface area (Å²) in [6.45, 7) is 2.70. The first-order valence-electron chi connectivity index (χ1n) is 5.69. The Kier molecular flexibility index (Phi) is 3.86. The van der Waals surface area contributed by atoms with Gasteiger partial charge in [-0.15, -0.1) is 0 Å². The molecule has 0 aliphatic carbocycles. The van der Waals surface area contributed by atoms with Gasteiger partial charge in [-0.05, 0) is 42.3 Å². The van der Waals surface area contributed by atoms with Gasteiger partial charge in [-0.2, -0.15) is 5.26 Å². The second kappa shape index (κ2) is 5.57. The molecule has 0 unspecified atom stereocenters. The Bertz CT molecular complexity index is 582. The van der Waals surface area contributed by atoms with Gasteiger partial charge in [0.05, 0.1) is 11.6 Å². The predicted molar refractivity (Wildman–Crippen MR) is 74.7 cm³/mol. The van der Waals surface area contributed by atoms with Crippen molar-refractivity contribution in [2.45, 2.75) is 13.5 Å². The second-order valence-corrected chi connectivity index (χ2v) is 4.48. The fraction of sp³-hybridized carbons (Fsp3) is 0.133. The lowest BCUT2D eigenvalue weighted by Gasteiger charge is -2.10. The molecule has 0 saturated carbocycles. The Balaban J connectivity index is 2.07. The van der Waals surface area contributed by atoms with Crippen molar-refractivity contribution in [1.29, 1.82) is 5.26 Å². The minimum atomic E-state index is 0.678. The molecule has 0 heterocycles. The van der Waals surface area contributed by atoms with Gasteiger partial charge < -0.3 is 5.32 Å². The van der Waals surface area contributed by atoms with E-state index in [1.54, 1.807) is 0 Å². The number of anilines is 1. The summed E-state index contributed by atoms with van der Waals surface area (Å²) >= 11 is 6.06. The summed E-state index contributed by atoms with van der Waals surface area (Å²) in [6.07, 6.45) is 0. The quantitative estimate of drug-likeness (QED) is 0.896. The van der Waals surface area contributed by atoms with Crippen molar-refractivity contribution in [1.82, 2.24) is 0 Å². The average molecular weight is 257 g/mol. The standard InChI is InChI=1S/C15H13ClN2/c1-11-14(16)3-2-4-15(11)18-10-13-7-5-12(9-17)6-8-13/h2-8,18H,10H2,1H3. The minimum absolute atomic E-state index is 0.678. The fourth-order valence-electron chi connectivity index (χ4n) is 1.69. The van der Waals surface area contributed by atoms with Crippen molar-refractivity contribution < 1.29 is 0 Å². The molecular weight excluding hydrogens is 244 g/mol. The molecule has 0 saturated heterocycles. The Hall–Kier alpha value is -1.98. The normalized spacial score (nSPS) is 9.83. The van der Waals surface area contributed by atoms with Gasteiger partial charge >= 0.3 is 0 Å². The van der Waals surface area contributed by atoms with Gasteiger partial charge in [-0.25, -0.2) is 0 Å². The van der Waals surface area contributed by atoms with Crippen LogP contribution in [-0.4, -0.2) is 0 Å². The Morgan fingerprint density at radius 3 is 2.56 bits per heavy atom. The van der Waals surface area contributed by atoms with Crippen molar-refractivity contribution in [3.05, 3.63) is 64.2 Å².